The topological polar surface area (TPSA) is 106 Å². The van der Waals surface area contributed by atoms with Crippen molar-refractivity contribution >= 4 is 39.4 Å². The Labute approximate surface area is 209 Å². The number of benzene rings is 1. The molecule has 3 aromatic heterocycles. The second-order valence-corrected chi connectivity index (χ2v) is 9.93. The molecule has 0 unspecified atom stereocenters. The Bertz CT molecular complexity index is 1580. The summed E-state index contributed by atoms with van der Waals surface area (Å²) >= 11 is 0. The Kier molecular flexibility index (Phi) is 5.29. The summed E-state index contributed by atoms with van der Waals surface area (Å²) in [5.74, 6) is 3.86. The van der Waals surface area contributed by atoms with Crippen LogP contribution in [0.25, 0.3) is 38.9 Å². The van der Waals surface area contributed by atoms with E-state index in [4.69, 9.17) is 12.2 Å². The zero-order valence-electron chi connectivity index (χ0n) is 20.6. The van der Waals surface area contributed by atoms with Crippen LogP contribution in [0.1, 0.15) is 50.4 Å². The number of likely N-dealkylation sites (tertiary alicyclic amines) is 1. The van der Waals surface area contributed by atoms with E-state index in [9.17, 15) is 4.79 Å². The number of terminal acetylenes is 1. The Morgan fingerprint density at radius 1 is 1.28 bits per heavy atom. The second-order valence-electron chi connectivity index (χ2n) is 9.93. The van der Waals surface area contributed by atoms with Crippen molar-refractivity contribution in [3.05, 3.63) is 42.0 Å². The highest BCUT2D eigenvalue weighted by molar-refractivity contribution is 6.05. The number of nitrogens with zero attached hydrogens (tertiary/aromatic N) is 5. The van der Waals surface area contributed by atoms with Crippen LogP contribution in [0.15, 0.2) is 30.6 Å². The summed E-state index contributed by atoms with van der Waals surface area (Å²) in [6, 6.07) is 6.43. The minimum atomic E-state index is 0.0323. The van der Waals surface area contributed by atoms with Crippen molar-refractivity contribution in [2.75, 3.05) is 12.3 Å². The number of H-pyrrole nitrogens is 1. The van der Waals surface area contributed by atoms with Crippen LogP contribution in [0.5, 0.6) is 0 Å². The van der Waals surface area contributed by atoms with Crippen LogP contribution < -0.4 is 5.73 Å². The molecule has 1 saturated heterocycles. The lowest BCUT2D eigenvalue weighted by Crippen LogP contribution is -2.38. The number of nitrogen functional groups attached to an aromatic ring is 1. The summed E-state index contributed by atoms with van der Waals surface area (Å²) in [6.07, 6.45) is 13.8. The molecule has 0 bridgehead atoms. The molecule has 4 heterocycles. The second kappa shape index (κ2) is 8.52. The van der Waals surface area contributed by atoms with E-state index in [0.29, 0.717) is 23.6 Å². The molecule has 8 heteroatoms. The largest absolute Gasteiger partial charge is 0.383 e. The van der Waals surface area contributed by atoms with Gasteiger partial charge in [0.25, 0.3) is 0 Å². The van der Waals surface area contributed by atoms with Crippen molar-refractivity contribution in [1.82, 2.24) is 29.4 Å². The van der Waals surface area contributed by atoms with Crippen LogP contribution >= 0.6 is 0 Å². The van der Waals surface area contributed by atoms with Crippen molar-refractivity contribution in [2.45, 2.75) is 45.1 Å². The zero-order chi connectivity index (χ0) is 25.0. The Morgan fingerprint density at radius 2 is 2.14 bits per heavy atom. The fourth-order valence-electron chi connectivity index (χ4n) is 5.93. The molecule has 2 atom stereocenters. The molecule has 1 amide bonds. The Balaban J connectivity index is 1.45. The average Bonchev–Trinajstić information content (AvgIpc) is 3.59. The van der Waals surface area contributed by atoms with Gasteiger partial charge in [-0.1, -0.05) is 12.1 Å². The van der Waals surface area contributed by atoms with Gasteiger partial charge in [-0.15, -0.1) is 6.42 Å². The number of carbonyl (C=O) groups is 1. The third-order valence-corrected chi connectivity index (χ3v) is 7.81. The van der Waals surface area contributed by atoms with Crippen LogP contribution in [-0.2, 0) is 11.8 Å². The minimum absolute atomic E-state index is 0.0323. The van der Waals surface area contributed by atoms with Crippen LogP contribution in [0, 0.1) is 18.3 Å². The number of anilines is 1. The summed E-state index contributed by atoms with van der Waals surface area (Å²) < 4.78 is 2.08. The molecule has 1 aliphatic carbocycles. The van der Waals surface area contributed by atoms with Gasteiger partial charge in [0.1, 0.15) is 17.8 Å². The smallest absolute Gasteiger partial charge is 0.226 e. The number of aromatic nitrogens is 5. The van der Waals surface area contributed by atoms with Gasteiger partial charge in [-0.05, 0) is 62.7 Å². The molecule has 0 saturated carbocycles. The highest BCUT2D eigenvalue weighted by Gasteiger charge is 2.33. The van der Waals surface area contributed by atoms with Crippen LogP contribution in [0.3, 0.4) is 0 Å². The maximum atomic E-state index is 13.2. The average molecular weight is 480 g/mol. The van der Waals surface area contributed by atoms with Crippen molar-refractivity contribution in [1.29, 1.82) is 0 Å². The van der Waals surface area contributed by atoms with E-state index in [1.165, 1.54) is 11.9 Å². The molecule has 1 aromatic carbocycles. The first kappa shape index (κ1) is 22.4. The number of aryl methyl sites for hydroxylation is 1. The van der Waals surface area contributed by atoms with E-state index < -0.39 is 0 Å². The molecule has 182 valence electrons. The Morgan fingerprint density at radius 3 is 2.86 bits per heavy atom. The number of amides is 1. The van der Waals surface area contributed by atoms with Crippen LogP contribution in [0.4, 0.5) is 5.82 Å². The minimum Gasteiger partial charge on any atom is -0.383 e. The summed E-state index contributed by atoms with van der Waals surface area (Å²) in [6.45, 7) is 3.04. The predicted molar refractivity (Wildman–Crippen MR) is 142 cm³/mol. The van der Waals surface area contributed by atoms with Gasteiger partial charge in [0.05, 0.1) is 22.1 Å². The number of fused-ring (bicyclic) bond motifs is 2. The fourth-order valence-corrected chi connectivity index (χ4v) is 5.93. The van der Waals surface area contributed by atoms with Gasteiger partial charge in [-0.2, -0.15) is 0 Å². The van der Waals surface area contributed by atoms with Gasteiger partial charge in [0, 0.05) is 36.7 Å². The van der Waals surface area contributed by atoms with E-state index >= 15 is 0 Å². The first-order valence-corrected chi connectivity index (χ1v) is 12.5. The number of allylic oxidation sites excluding steroid dienone is 2. The van der Waals surface area contributed by atoms with Gasteiger partial charge < -0.3 is 20.2 Å². The van der Waals surface area contributed by atoms with E-state index in [1.54, 1.807) is 0 Å². The summed E-state index contributed by atoms with van der Waals surface area (Å²) in [4.78, 5) is 31.8. The Hall–Kier alpha value is -4.12. The lowest BCUT2D eigenvalue weighted by Gasteiger charge is -2.29. The van der Waals surface area contributed by atoms with Crippen molar-refractivity contribution in [3.63, 3.8) is 0 Å². The molecule has 0 radical (unpaired) electrons. The maximum absolute atomic E-state index is 13.2. The maximum Gasteiger partial charge on any atom is 0.226 e. The first-order valence-electron chi connectivity index (χ1n) is 12.5. The normalized spacial score (nSPS) is 20.1. The van der Waals surface area contributed by atoms with Gasteiger partial charge in [0.2, 0.25) is 5.91 Å². The number of nitrogens with one attached hydrogen (secondary N) is 1. The van der Waals surface area contributed by atoms with Gasteiger partial charge >= 0.3 is 0 Å². The van der Waals surface area contributed by atoms with Crippen molar-refractivity contribution < 1.29 is 4.79 Å². The molecular weight excluding hydrogens is 450 g/mol. The number of nitrogens with two attached hydrogens (primary N) is 1. The summed E-state index contributed by atoms with van der Waals surface area (Å²) in [7, 11) is 2.00. The lowest BCUT2D eigenvalue weighted by atomic mass is 9.84. The van der Waals surface area contributed by atoms with Gasteiger partial charge in [-0.3, -0.25) is 4.79 Å². The third-order valence-electron chi connectivity index (χ3n) is 7.81. The molecule has 2 aliphatic rings. The predicted octanol–water partition coefficient (Wildman–Crippen LogP) is 4.27. The standard InChI is InChI=1S/C28H29N7O/c1-4-22-32-20-12-11-19(14-21(20)33-22)25-23(24-26(29)30-15-31-27(24)34(25)3)17-7-9-18(10-8-17)28(36)35-13-5-6-16(35)2/h1,7,11-12,14-16,18H,5-6,8-10,13H2,2-3H3,(H,32,33)(H2,29,30,31)/t16-,18+/m0/s1. The molecule has 6 rings (SSSR count). The van der Waals surface area contributed by atoms with E-state index in [1.807, 2.05) is 13.1 Å². The molecule has 36 heavy (non-hydrogen) atoms. The third kappa shape index (κ3) is 3.46. The molecular formula is C28H29N7O. The number of imidazole rings is 1. The number of hydrogen-bond acceptors (Lipinski definition) is 5. The molecule has 1 aliphatic heterocycles. The number of hydrogen-bond donors (Lipinski definition) is 2. The molecule has 1 fully saturated rings. The van der Waals surface area contributed by atoms with E-state index in [0.717, 1.165) is 77.5 Å². The summed E-state index contributed by atoms with van der Waals surface area (Å²) in [5.41, 5.74) is 13.1. The SMILES string of the molecule is C#Cc1nc2ccc(-c3c(C4=CC[C@@H](C(=O)N5CCC[C@@H]5C)CC4)c4c(N)ncnc4n3C)cc2[nH]1. The lowest BCUT2D eigenvalue weighted by molar-refractivity contribution is -0.136. The highest BCUT2D eigenvalue weighted by Crippen LogP contribution is 2.43. The quantitative estimate of drug-likeness (QED) is 0.427. The molecule has 4 aromatic rings. The van der Waals surface area contributed by atoms with E-state index in [2.05, 4.69) is 60.5 Å². The molecule has 0 spiro atoms. The summed E-state index contributed by atoms with van der Waals surface area (Å²) in [5, 5.41) is 0.855. The number of carbonyl (C=O) groups excluding carboxylic acids is 1. The van der Waals surface area contributed by atoms with Crippen molar-refractivity contribution in [3.8, 4) is 23.6 Å². The highest BCUT2D eigenvalue weighted by atomic mass is 16.2. The zero-order valence-corrected chi connectivity index (χ0v) is 20.6. The van der Waals surface area contributed by atoms with Crippen molar-refractivity contribution in [2.24, 2.45) is 13.0 Å². The van der Waals surface area contributed by atoms with E-state index in [-0.39, 0.29) is 5.92 Å². The van der Waals surface area contributed by atoms with Gasteiger partial charge in [0.15, 0.2) is 5.82 Å². The molecule has 8 nitrogen and oxygen atoms in total. The monoisotopic (exact) mass is 479 g/mol. The van der Waals surface area contributed by atoms with Gasteiger partial charge in [-0.25, -0.2) is 15.0 Å². The number of rotatable bonds is 3. The van der Waals surface area contributed by atoms with Crippen LogP contribution in [0.2, 0.25) is 0 Å². The number of aromatic amines is 1. The first-order chi connectivity index (χ1) is 17.5. The fraction of sp³-hybridized carbons (Fsp3) is 0.357. The molecule has 3 N–H and O–H groups in total. The van der Waals surface area contributed by atoms with Crippen LogP contribution in [-0.4, -0.2) is 47.9 Å².